The molecule has 68 valence electrons. The number of nitrogens with one attached hydrogen (secondary N) is 1. The van der Waals surface area contributed by atoms with Crippen molar-refractivity contribution >= 4 is 21.6 Å². The first-order valence-electron chi connectivity index (χ1n) is 4.29. The molecule has 0 aliphatic heterocycles. The van der Waals surface area contributed by atoms with Crippen molar-refractivity contribution < 1.29 is 0 Å². The molecule has 0 saturated carbocycles. The number of fused-ring (bicyclic) bond motifs is 1. The van der Waals surface area contributed by atoms with Gasteiger partial charge in [0.25, 0.3) is 5.56 Å². The van der Waals surface area contributed by atoms with Gasteiger partial charge in [0.15, 0.2) is 0 Å². The highest BCUT2D eigenvalue weighted by molar-refractivity contribution is 7.13. The molecular formula is C10H11NOS. The topological polar surface area (TPSA) is 32.9 Å². The Morgan fingerprint density at radius 1 is 1.38 bits per heavy atom. The van der Waals surface area contributed by atoms with E-state index in [2.05, 4.69) is 24.3 Å². The summed E-state index contributed by atoms with van der Waals surface area (Å²) in [6.45, 7) is 4.25. The monoisotopic (exact) mass is 193 g/mol. The van der Waals surface area contributed by atoms with E-state index in [1.807, 2.05) is 12.1 Å². The third kappa shape index (κ3) is 1.40. The quantitative estimate of drug-likeness (QED) is 0.742. The predicted molar refractivity (Wildman–Crippen MR) is 56.5 cm³/mol. The van der Waals surface area contributed by atoms with Crippen LogP contribution in [0.3, 0.4) is 0 Å². The second-order valence-corrected chi connectivity index (χ2v) is 4.29. The van der Waals surface area contributed by atoms with Gasteiger partial charge in [0.2, 0.25) is 0 Å². The summed E-state index contributed by atoms with van der Waals surface area (Å²) in [4.78, 5) is 11.3. The highest BCUT2D eigenvalue weighted by Crippen LogP contribution is 2.20. The lowest BCUT2D eigenvalue weighted by atomic mass is 10.0. The van der Waals surface area contributed by atoms with Crippen molar-refractivity contribution in [2.45, 2.75) is 19.8 Å². The van der Waals surface area contributed by atoms with E-state index in [1.165, 1.54) is 17.1 Å². The minimum Gasteiger partial charge on any atom is -0.277 e. The molecule has 1 N–H and O–H groups in total. The van der Waals surface area contributed by atoms with E-state index in [0.717, 1.165) is 10.1 Å². The first kappa shape index (κ1) is 8.51. The van der Waals surface area contributed by atoms with E-state index in [0.29, 0.717) is 5.92 Å². The zero-order valence-corrected chi connectivity index (χ0v) is 8.44. The number of benzene rings is 1. The molecule has 0 spiro atoms. The molecule has 0 unspecified atom stereocenters. The number of aromatic amines is 1. The summed E-state index contributed by atoms with van der Waals surface area (Å²) >= 11 is 1.40. The Morgan fingerprint density at radius 3 is 2.85 bits per heavy atom. The zero-order valence-electron chi connectivity index (χ0n) is 7.63. The molecule has 0 aliphatic rings. The molecule has 1 aromatic carbocycles. The zero-order chi connectivity index (χ0) is 9.42. The summed E-state index contributed by atoms with van der Waals surface area (Å²) in [6, 6.07) is 6.07. The maximum Gasteiger partial charge on any atom is 0.265 e. The van der Waals surface area contributed by atoms with Crippen LogP contribution in [0.1, 0.15) is 25.3 Å². The molecule has 0 amide bonds. The molecule has 1 heterocycles. The van der Waals surface area contributed by atoms with Crippen molar-refractivity contribution in [3.63, 3.8) is 0 Å². The second-order valence-electron chi connectivity index (χ2n) is 3.44. The standard InChI is InChI=1S/C10H11NOS/c1-6(2)7-3-4-9-8(5-7)10(12)11-13-9/h3-6H,1-2H3,(H,11,12). The molecule has 0 saturated heterocycles. The summed E-state index contributed by atoms with van der Waals surface area (Å²) in [6.07, 6.45) is 0. The lowest BCUT2D eigenvalue weighted by Gasteiger charge is -2.03. The van der Waals surface area contributed by atoms with Crippen LogP contribution >= 0.6 is 11.5 Å². The molecule has 0 fully saturated rings. The van der Waals surface area contributed by atoms with Gasteiger partial charge in [-0.15, -0.1) is 0 Å². The van der Waals surface area contributed by atoms with E-state index in [9.17, 15) is 4.79 Å². The van der Waals surface area contributed by atoms with Gasteiger partial charge in [-0.1, -0.05) is 31.4 Å². The van der Waals surface area contributed by atoms with Crippen LogP contribution in [-0.4, -0.2) is 4.37 Å². The molecule has 2 nitrogen and oxygen atoms in total. The van der Waals surface area contributed by atoms with Gasteiger partial charge in [-0.05, 0) is 23.6 Å². The van der Waals surface area contributed by atoms with Crippen molar-refractivity contribution in [1.29, 1.82) is 0 Å². The Hall–Kier alpha value is -1.09. The molecule has 0 radical (unpaired) electrons. The molecule has 0 atom stereocenters. The first-order chi connectivity index (χ1) is 6.18. The molecule has 1 aromatic heterocycles. The number of aromatic nitrogens is 1. The van der Waals surface area contributed by atoms with Gasteiger partial charge < -0.3 is 0 Å². The highest BCUT2D eigenvalue weighted by atomic mass is 32.1. The first-order valence-corrected chi connectivity index (χ1v) is 5.11. The van der Waals surface area contributed by atoms with Gasteiger partial charge in [0.1, 0.15) is 0 Å². The van der Waals surface area contributed by atoms with Crippen molar-refractivity contribution in [3.05, 3.63) is 34.1 Å². The summed E-state index contributed by atoms with van der Waals surface area (Å²) in [5.74, 6) is 0.476. The lowest BCUT2D eigenvalue weighted by molar-refractivity contribution is 0.869. The molecule has 3 heteroatoms. The van der Waals surface area contributed by atoms with Gasteiger partial charge in [-0.25, -0.2) is 0 Å². The highest BCUT2D eigenvalue weighted by Gasteiger charge is 2.04. The molecule has 0 bridgehead atoms. The van der Waals surface area contributed by atoms with Crippen LogP contribution in [0, 0.1) is 0 Å². The van der Waals surface area contributed by atoms with Crippen LogP contribution in [0.15, 0.2) is 23.0 Å². The Kier molecular flexibility index (Phi) is 1.96. The van der Waals surface area contributed by atoms with Gasteiger partial charge in [-0.3, -0.25) is 9.17 Å². The SMILES string of the molecule is CC(C)c1ccc2s[nH]c(=O)c2c1. The van der Waals surface area contributed by atoms with Gasteiger partial charge >= 0.3 is 0 Å². The van der Waals surface area contributed by atoms with Crippen LogP contribution in [0.5, 0.6) is 0 Å². The van der Waals surface area contributed by atoms with E-state index < -0.39 is 0 Å². The van der Waals surface area contributed by atoms with E-state index >= 15 is 0 Å². The fourth-order valence-electron chi connectivity index (χ4n) is 1.33. The van der Waals surface area contributed by atoms with Crippen molar-refractivity contribution in [1.82, 2.24) is 4.37 Å². The fraction of sp³-hybridized carbons (Fsp3) is 0.300. The Balaban J connectivity index is 2.73. The van der Waals surface area contributed by atoms with E-state index in [1.54, 1.807) is 0 Å². The summed E-state index contributed by atoms with van der Waals surface area (Å²) in [5, 5.41) is 0.816. The van der Waals surface area contributed by atoms with Crippen LogP contribution in [0.4, 0.5) is 0 Å². The van der Waals surface area contributed by atoms with Crippen molar-refractivity contribution in [2.24, 2.45) is 0 Å². The molecule has 2 aromatic rings. The van der Waals surface area contributed by atoms with E-state index in [-0.39, 0.29) is 5.56 Å². The summed E-state index contributed by atoms with van der Waals surface area (Å²) < 4.78 is 3.77. The lowest BCUT2D eigenvalue weighted by Crippen LogP contribution is -1.97. The summed E-state index contributed by atoms with van der Waals surface area (Å²) in [5.41, 5.74) is 1.25. The Bertz CT molecular complexity index is 481. The van der Waals surface area contributed by atoms with E-state index in [4.69, 9.17) is 0 Å². The fourth-order valence-corrected chi connectivity index (χ4v) is 2.04. The number of hydrogen-bond acceptors (Lipinski definition) is 2. The minimum atomic E-state index is 0.0301. The molecule has 2 rings (SSSR count). The molecular weight excluding hydrogens is 182 g/mol. The second kappa shape index (κ2) is 3.00. The average Bonchev–Trinajstić information content (AvgIpc) is 2.47. The normalized spacial score (nSPS) is 11.3. The predicted octanol–water partition coefficient (Wildman–Crippen LogP) is 2.71. The summed E-state index contributed by atoms with van der Waals surface area (Å²) in [7, 11) is 0. The maximum atomic E-state index is 11.3. The Morgan fingerprint density at radius 2 is 2.15 bits per heavy atom. The molecule has 0 aliphatic carbocycles. The third-order valence-electron chi connectivity index (χ3n) is 2.17. The number of H-pyrrole nitrogens is 1. The smallest absolute Gasteiger partial charge is 0.265 e. The van der Waals surface area contributed by atoms with Gasteiger partial charge in [0.05, 0.1) is 10.1 Å². The van der Waals surface area contributed by atoms with Crippen LogP contribution in [0.25, 0.3) is 10.1 Å². The maximum absolute atomic E-state index is 11.3. The molecule has 13 heavy (non-hydrogen) atoms. The van der Waals surface area contributed by atoms with Crippen LogP contribution < -0.4 is 5.56 Å². The van der Waals surface area contributed by atoms with Crippen molar-refractivity contribution in [3.8, 4) is 0 Å². The van der Waals surface area contributed by atoms with Gasteiger partial charge in [0, 0.05) is 0 Å². The average molecular weight is 193 g/mol. The van der Waals surface area contributed by atoms with Gasteiger partial charge in [-0.2, -0.15) is 0 Å². The number of hydrogen-bond donors (Lipinski definition) is 1. The minimum absolute atomic E-state index is 0.0301. The van der Waals surface area contributed by atoms with Crippen LogP contribution in [0.2, 0.25) is 0 Å². The third-order valence-corrected chi connectivity index (χ3v) is 3.03. The van der Waals surface area contributed by atoms with Crippen LogP contribution in [-0.2, 0) is 0 Å². The van der Waals surface area contributed by atoms with Crippen molar-refractivity contribution in [2.75, 3.05) is 0 Å². The largest absolute Gasteiger partial charge is 0.277 e. The number of rotatable bonds is 1. The Labute approximate surface area is 80.4 Å².